The zero-order valence-corrected chi connectivity index (χ0v) is 16.4. The fraction of sp³-hybridized carbons (Fsp3) is 0.292. The van der Waals surface area contributed by atoms with Crippen molar-refractivity contribution in [1.29, 1.82) is 0 Å². The molecule has 0 saturated carbocycles. The fourth-order valence-electron chi connectivity index (χ4n) is 3.58. The minimum absolute atomic E-state index is 0.0769. The van der Waals surface area contributed by atoms with E-state index in [9.17, 15) is 4.79 Å². The lowest BCUT2D eigenvalue weighted by Crippen LogP contribution is -2.20. The number of fused-ring (bicyclic) bond motifs is 2. The lowest BCUT2D eigenvalue weighted by Gasteiger charge is -2.18. The minimum Gasteiger partial charge on any atom is -0.492 e. The van der Waals surface area contributed by atoms with Crippen LogP contribution in [0.15, 0.2) is 63.3 Å². The van der Waals surface area contributed by atoms with E-state index in [0.29, 0.717) is 29.7 Å². The molecule has 2 aromatic carbocycles. The van der Waals surface area contributed by atoms with Gasteiger partial charge in [0.05, 0.1) is 5.39 Å². The normalized spacial score (nSPS) is 15.2. The molecular formula is C24H25NO3. The summed E-state index contributed by atoms with van der Waals surface area (Å²) in [5.74, 6) is 1.51. The van der Waals surface area contributed by atoms with Crippen molar-refractivity contribution in [3.05, 3.63) is 81.2 Å². The third kappa shape index (κ3) is 4.02. The molecule has 4 rings (SSSR count). The summed E-state index contributed by atoms with van der Waals surface area (Å²) < 4.78 is 11.9. The van der Waals surface area contributed by atoms with E-state index in [0.717, 1.165) is 30.7 Å². The number of ether oxygens (including phenoxy) is 1. The quantitative estimate of drug-likeness (QED) is 0.667. The predicted octanol–water partition coefficient (Wildman–Crippen LogP) is 4.31. The Hall–Kier alpha value is -2.85. The van der Waals surface area contributed by atoms with E-state index in [1.54, 1.807) is 0 Å². The molecule has 4 nitrogen and oxygen atoms in total. The van der Waals surface area contributed by atoms with Crippen molar-refractivity contribution in [2.75, 3.05) is 27.2 Å². The van der Waals surface area contributed by atoms with Crippen molar-refractivity contribution in [2.45, 2.75) is 19.3 Å². The zero-order chi connectivity index (χ0) is 19.5. The van der Waals surface area contributed by atoms with Gasteiger partial charge in [0.1, 0.15) is 23.7 Å². The molecule has 3 aromatic rings. The highest BCUT2D eigenvalue weighted by Crippen LogP contribution is 2.28. The first-order valence-electron chi connectivity index (χ1n) is 9.71. The van der Waals surface area contributed by atoms with Crippen LogP contribution in [0.2, 0.25) is 0 Å². The molecule has 0 atom stereocenters. The van der Waals surface area contributed by atoms with E-state index >= 15 is 0 Å². The highest BCUT2D eigenvalue weighted by Gasteiger charge is 2.20. The minimum atomic E-state index is 0.0769. The van der Waals surface area contributed by atoms with Crippen molar-refractivity contribution in [2.24, 2.45) is 0 Å². The number of benzene rings is 2. The van der Waals surface area contributed by atoms with Crippen molar-refractivity contribution < 1.29 is 9.15 Å². The Morgan fingerprint density at radius 2 is 1.93 bits per heavy atom. The summed E-state index contributed by atoms with van der Waals surface area (Å²) >= 11 is 0. The summed E-state index contributed by atoms with van der Waals surface area (Å²) in [6, 6.07) is 15.8. The van der Waals surface area contributed by atoms with E-state index in [-0.39, 0.29) is 5.43 Å². The predicted molar refractivity (Wildman–Crippen MR) is 113 cm³/mol. The highest BCUT2D eigenvalue weighted by molar-refractivity contribution is 5.79. The third-order valence-electron chi connectivity index (χ3n) is 5.10. The Kier molecular flexibility index (Phi) is 5.31. The van der Waals surface area contributed by atoms with Gasteiger partial charge in [-0.15, -0.1) is 0 Å². The van der Waals surface area contributed by atoms with Gasteiger partial charge in [-0.2, -0.15) is 0 Å². The molecule has 144 valence electrons. The van der Waals surface area contributed by atoms with Crippen LogP contribution in [0.3, 0.4) is 0 Å². The molecule has 1 aromatic heterocycles. The van der Waals surface area contributed by atoms with Crippen LogP contribution in [0.5, 0.6) is 5.75 Å². The molecule has 0 fully saturated rings. The molecule has 1 aliphatic carbocycles. The monoisotopic (exact) mass is 375 g/mol. The number of allylic oxidation sites excluding steroid dienone is 1. The number of hydrogen-bond donors (Lipinski definition) is 0. The molecule has 28 heavy (non-hydrogen) atoms. The van der Waals surface area contributed by atoms with Gasteiger partial charge in [0.25, 0.3) is 0 Å². The van der Waals surface area contributed by atoms with Gasteiger partial charge in [-0.1, -0.05) is 42.0 Å². The van der Waals surface area contributed by atoms with Gasteiger partial charge >= 0.3 is 0 Å². The van der Waals surface area contributed by atoms with Crippen LogP contribution in [-0.4, -0.2) is 32.1 Å². The molecule has 0 amide bonds. The van der Waals surface area contributed by atoms with Crippen LogP contribution in [0.4, 0.5) is 0 Å². The maximum atomic E-state index is 13.0. The molecule has 0 N–H and O–H groups in total. The van der Waals surface area contributed by atoms with Crippen LogP contribution in [-0.2, 0) is 12.8 Å². The average molecular weight is 375 g/mol. The largest absolute Gasteiger partial charge is 0.492 e. The summed E-state index contributed by atoms with van der Waals surface area (Å²) in [6.07, 6.45) is 4.50. The summed E-state index contributed by atoms with van der Waals surface area (Å²) in [5, 5.41) is 0.608. The molecule has 0 aliphatic heterocycles. The Bertz CT molecular complexity index is 1060. The van der Waals surface area contributed by atoms with Crippen molar-refractivity contribution in [3.8, 4) is 5.75 Å². The second kappa shape index (κ2) is 8.03. The topological polar surface area (TPSA) is 42.7 Å². The second-order valence-electron chi connectivity index (χ2n) is 7.53. The maximum Gasteiger partial charge on any atom is 0.196 e. The SMILES string of the molecule is CN(C)CCOc1ccc2oc3c(c(=O)c2c1)CC/C(=C/c1ccccc1)C3. The molecule has 0 radical (unpaired) electrons. The fourth-order valence-corrected chi connectivity index (χ4v) is 3.58. The lowest BCUT2D eigenvalue weighted by molar-refractivity contribution is 0.261. The number of rotatable bonds is 5. The van der Waals surface area contributed by atoms with E-state index in [2.05, 4.69) is 23.1 Å². The summed E-state index contributed by atoms with van der Waals surface area (Å²) in [5.41, 5.74) is 3.99. The third-order valence-corrected chi connectivity index (χ3v) is 5.10. The number of nitrogens with zero attached hydrogens (tertiary/aromatic N) is 1. The molecule has 4 heteroatoms. The molecule has 1 heterocycles. The Balaban J connectivity index is 1.62. The van der Waals surface area contributed by atoms with Crippen molar-refractivity contribution >= 4 is 17.0 Å². The van der Waals surface area contributed by atoms with Gasteiger partial charge in [0.2, 0.25) is 0 Å². The molecule has 0 unspecified atom stereocenters. The van der Waals surface area contributed by atoms with Gasteiger partial charge < -0.3 is 14.1 Å². The smallest absolute Gasteiger partial charge is 0.196 e. The van der Waals surface area contributed by atoms with E-state index in [1.807, 2.05) is 50.5 Å². The number of likely N-dealkylation sites (N-methyl/N-ethyl adjacent to an activating group) is 1. The second-order valence-corrected chi connectivity index (χ2v) is 7.53. The molecule has 0 bridgehead atoms. The van der Waals surface area contributed by atoms with E-state index in [1.165, 1.54) is 11.1 Å². The van der Waals surface area contributed by atoms with Crippen molar-refractivity contribution in [3.63, 3.8) is 0 Å². The van der Waals surface area contributed by atoms with Gasteiger partial charge in [0.15, 0.2) is 5.43 Å². The molecule has 0 saturated heterocycles. The van der Waals surface area contributed by atoms with E-state index in [4.69, 9.17) is 9.15 Å². The highest BCUT2D eigenvalue weighted by atomic mass is 16.5. The van der Waals surface area contributed by atoms with Gasteiger partial charge in [-0.25, -0.2) is 0 Å². The molecular weight excluding hydrogens is 350 g/mol. The first-order valence-corrected chi connectivity index (χ1v) is 9.71. The number of hydrogen-bond acceptors (Lipinski definition) is 4. The first-order chi connectivity index (χ1) is 13.6. The van der Waals surface area contributed by atoms with Crippen LogP contribution >= 0.6 is 0 Å². The lowest BCUT2D eigenvalue weighted by atomic mass is 9.90. The summed E-state index contributed by atoms with van der Waals surface area (Å²) in [7, 11) is 4.01. The van der Waals surface area contributed by atoms with Gasteiger partial charge in [0, 0.05) is 18.5 Å². The Labute approximate surface area is 165 Å². The maximum absolute atomic E-state index is 13.0. The standard InChI is InChI=1S/C24H25NO3/c1-25(2)12-13-27-19-9-11-22-21(16-19)24(26)20-10-8-18(15-23(20)28-22)14-17-6-4-3-5-7-17/h3-7,9,11,14,16H,8,10,12-13,15H2,1-2H3/b18-14-. The van der Waals surface area contributed by atoms with E-state index < -0.39 is 0 Å². The summed E-state index contributed by atoms with van der Waals surface area (Å²) in [4.78, 5) is 15.1. The van der Waals surface area contributed by atoms with Gasteiger partial charge in [-0.05, 0) is 50.7 Å². The average Bonchev–Trinajstić information content (AvgIpc) is 2.69. The summed E-state index contributed by atoms with van der Waals surface area (Å²) in [6.45, 7) is 1.41. The first kappa shape index (κ1) is 18.5. The van der Waals surface area contributed by atoms with Crippen LogP contribution in [0.25, 0.3) is 17.0 Å². The van der Waals surface area contributed by atoms with Crippen molar-refractivity contribution in [1.82, 2.24) is 4.90 Å². The Morgan fingerprint density at radius 3 is 2.71 bits per heavy atom. The van der Waals surface area contributed by atoms with Crippen LogP contribution in [0, 0.1) is 0 Å². The zero-order valence-electron chi connectivity index (χ0n) is 16.4. The Morgan fingerprint density at radius 1 is 1.11 bits per heavy atom. The van der Waals surface area contributed by atoms with Gasteiger partial charge in [-0.3, -0.25) is 4.79 Å². The molecule has 0 spiro atoms. The van der Waals surface area contributed by atoms with Crippen LogP contribution in [0.1, 0.15) is 23.3 Å². The molecule has 1 aliphatic rings. The van der Waals surface area contributed by atoms with Crippen LogP contribution < -0.4 is 10.2 Å².